The zero-order valence-electron chi connectivity index (χ0n) is 13.1. The molecule has 0 unspecified atom stereocenters. The van der Waals surface area contributed by atoms with E-state index >= 15 is 0 Å². The van der Waals surface area contributed by atoms with Crippen molar-refractivity contribution >= 4 is 11.9 Å². The molecule has 3 N–H and O–H groups in total. The number of aliphatic hydroxyl groups excluding tert-OH is 1. The molecular formula is C17H18N2O5. The maximum absolute atomic E-state index is 11.5. The molecule has 1 heterocycles. The standard InChI is InChI=1S/C17H18N2O5/c1-11(21)24-16(12-5-3-2-4-6-12)14-9-15(23-8-7-20)13(10-19-14)17(18)22/h2-6,9-10,16,20H,7-8H2,1H3,(H2,18,22)/t16-/m1/s1. The van der Waals surface area contributed by atoms with Crippen LogP contribution in [-0.2, 0) is 9.53 Å². The van der Waals surface area contributed by atoms with Gasteiger partial charge in [0, 0.05) is 19.2 Å². The van der Waals surface area contributed by atoms with Crippen molar-refractivity contribution in [1.29, 1.82) is 0 Å². The Morgan fingerprint density at radius 2 is 2.00 bits per heavy atom. The third-order valence-electron chi connectivity index (χ3n) is 3.16. The summed E-state index contributed by atoms with van der Waals surface area (Å²) in [6, 6.07) is 10.5. The Morgan fingerprint density at radius 1 is 1.29 bits per heavy atom. The minimum atomic E-state index is -0.748. The third kappa shape index (κ3) is 4.30. The number of aliphatic hydroxyl groups is 1. The Hall–Kier alpha value is -2.93. The summed E-state index contributed by atoms with van der Waals surface area (Å²) < 4.78 is 10.7. The lowest BCUT2D eigenvalue weighted by atomic mass is 10.0. The van der Waals surface area contributed by atoms with E-state index < -0.39 is 18.0 Å². The van der Waals surface area contributed by atoms with Crippen molar-refractivity contribution in [2.24, 2.45) is 5.73 Å². The molecule has 1 amide bonds. The summed E-state index contributed by atoms with van der Waals surface area (Å²) in [5.74, 6) is -0.997. The first-order chi connectivity index (χ1) is 11.5. The molecule has 0 aliphatic rings. The van der Waals surface area contributed by atoms with E-state index in [2.05, 4.69) is 4.98 Å². The van der Waals surface area contributed by atoms with Gasteiger partial charge < -0.3 is 20.3 Å². The lowest BCUT2D eigenvalue weighted by Crippen LogP contribution is -2.17. The summed E-state index contributed by atoms with van der Waals surface area (Å²) in [5.41, 5.74) is 6.49. The molecule has 0 radical (unpaired) electrons. The number of carbonyl (C=O) groups excluding carboxylic acids is 2. The summed E-state index contributed by atoms with van der Waals surface area (Å²) in [7, 11) is 0. The van der Waals surface area contributed by atoms with Crippen LogP contribution in [0.4, 0.5) is 0 Å². The van der Waals surface area contributed by atoms with Gasteiger partial charge in [0.15, 0.2) is 6.10 Å². The molecule has 0 spiro atoms. The second-order valence-corrected chi connectivity index (χ2v) is 4.94. The number of pyridine rings is 1. The fraction of sp³-hybridized carbons (Fsp3) is 0.235. The van der Waals surface area contributed by atoms with Gasteiger partial charge in [-0.2, -0.15) is 0 Å². The molecule has 7 nitrogen and oxygen atoms in total. The molecule has 0 saturated heterocycles. The summed E-state index contributed by atoms with van der Waals surface area (Å²) in [5, 5.41) is 8.91. The number of nitrogens with zero attached hydrogens (tertiary/aromatic N) is 1. The maximum Gasteiger partial charge on any atom is 0.303 e. The first kappa shape index (κ1) is 17.4. The van der Waals surface area contributed by atoms with Crippen LogP contribution in [0.1, 0.15) is 34.6 Å². The molecule has 1 atom stereocenters. The van der Waals surface area contributed by atoms with E-state index in [4.69, 9.17) is 20.3 Å². The second kappa shape index (κ2) is 8.07. The van der Waals surface area contributed by atoms with Crippen molar-refractivity contribution in [3.8, 4) is 5.75 Å². The van der Waals surface area contributed by atoms with Gasteiger partial charge in [-0.3, -0.25) is 14.6 Å². The van der Waals surface area contributed by atoms with Gasteiger partial charge in [-0.25, -0.2) is 0 Å². The molecule has 0 saturated carbocycles. The SMILES string of the molecule is CC(=O)O[C@H](c1ccccc1)c1cc(OCCO)c(C(N)=O)cn1. The number of carbonyl (C=O) groups is 2. The van der Waals surface area contributed by atoms with Crippen LogP contribution in [-0.4, -0.2) is 35.2 Å². The van der Waals surface area contributed by atoms with Crippen LogP contribution in [0.5, 0.6) is 5.75 Å². The molecule has 24 heavy (non-hydrogen) atoms. The zero-order chi connectivity index (χ0) is 17.5. The zero-order valence-corrected chi connectivity index (χ0v) is 13.1. The molecule has 1 aromatic carbocycles. The number of hydrogen-bond acceptors (Lipinski definition) is 6. The Bertz CT molecular complexity index is 718. The van der Waals surface area contributed by atoms with E-state index in [1.165, 1.54) is 19.2 Å². The first-order valence-electron chi connectivity index (χ1n) is 7.28. The van der Waals surface area contributed by atoms with Crippen molar-refractivity contribution in [3.63, 3.8) is 0 Å². The monoisotopic (exact) mass is 330 g/mol. The van der Waals surface area contributed by atoms with E-state index in [0.29, 0.717) is 5.69 Å². The topological polar surface area (TPSA) is 112 Å². The lowest BCUT2D eigenvalue weighted by Gasteiger charge is -2.18. The normalized spacial score (nSPS) is 11.6. The van der Waals surface area contributed by atoms with Gasteiger partial charge in [-0.15, -0.1) is 0 Å². The number of rotatable bonds is 7. The molecule has 126 valence electrons. The van der Waals surface area contributed by atoms with Crippen LogP contribution in [0.2, 0.25) is 0 Å². The molecule has 2 aromatic rings. The van der Waals surface area contributed by atoms with E-state index in [1.807, 2.05) is 18.2 Å². The van der Waals surface area contributed by atoms with Gasteiger partial charge in [-0.05, 0) is 5.56 Å². The Balaban J connectivity index is 2.45. The molecule has 2 rings (SSSR count). The van der Waals surface area contributed by atoms with E-state index in [0.717, 1.165) is 5.56 Å². The third-order valence-corrected chi connectivity index (χ3v) is 3.16. The van der Waals surface area contributed by atoms with Crippen molar-refractivity contribution in [2.75, 3.05) is 13.2 Å². The summed E-state index contributed by atoms with van der Waals surface area (Å²) in [6.45, 7) is 1.08. The van der Waals surface area contributed by atoms with Crippen LogP contribution in [0.25, 0.3) is 0 Å². The molecule has 1 aromatic heterocycles. The highest BCUT2D eigenvalue weighted by molar-refractivity contribution is 5.95. The van der Waals surface area contributed by atoms with E-state index in [9.17, 15) is 9.59 Å². The summed E-state index contributed by atoms with van der Waals surface area (Å²) >= 11 is 0. The minimum Gasteiger partial charge on any atom is -0.490 e. The number of hydrogen-bond donors (Lipinski definition) is 2. The van der Waals surface area contributed by atoms with Gasteiger partial charge >= 0.3 is 5.97 Å². The number of amides is 1. The molecular weight excluding hydrogens is 312 g/mol. The fourth-order valence-corrected chi connectivity index (χ4v) is 2.15. The number of primary amides is 1. The highest BCUT2D eigenvalue weighted by Crippen LogP contribution is 2.28. The molecule has 0 aliphatic heterocycles. The van der Waals surface area contributed by atoms with E-state index in [1.54, 1.807) is 12.1 Å². The van der Waals surface area contributed by atoms with Crippen molar-refractivity contribution in [2.45, 2.75) is 13.0 Å². The van der Waals surface area contributed by atoms with Gasteiger partial charge in [0.2, 0.25) is 0 Å². The van der Waals surface area contributed by atoms with Crippen LogP contribution < -0.4 is 10.5 Å². The number of nitrogens with two attached hydrogens (primary N) is 1. The van der Waals surface area contributed by atoms with Crippen molar-refractivity contribution in [3.05, 3.63) is 59.4 Å². The molecule has 0 fully saturated rings. The van der Waals surface area contributed by atoms with Crippen LogP contribution in [0.15, 0.2) is 42.6 Å². The lowest BCUT2D eigenvalue weighted by molar-refractivity contribution is -0.144. The smallest absolute Gasteiger partial charge is 0.303 e. The predicted molar refractivity (Wildman–Crippen MR) is 85.4 cm³/mol. The average Bonchev–Trinajstić information content (AvgIpc) is 2.58. The van der Waals surface area contributed by atoms with Gasteiger partial charge in [-0.1, -0.05) is 30.3 Å². The molecule has 0 bridgehead atoms. The number of benzene rings is 1. The summed E-state index contributed by atoms with van der Waals surface area (Å²) in [4.78, 5) is 27.1. The first-order valence-corrected chi connectivity index (χ1v) is 7.28. The largest absolute Gasteiger partial charge is 0.490 e. The predicted octanol–water partition coefficient (Wildman–Crippen LogP) is 1.20. The Morgan fingerprint density at radius 3 is 2.58 bits per heavy atom. The number of esters is 1. The van der Waals surface area contributed by atoms with Crippen molar-refractivity contribution in [1.82, 2.24) is 4.98 Å². The highest BCUT2D eigenvalue weighted by atomic mass is 16.5. The maximum atomic E-state index is 11.5. The van der Waals surface area contributed by atoms with Gasteiger partial charge in [0.1, 0.15) is 12.4 Å². The quantitative estimate of drug-likeness (QED) is 0.738. The summed E-state index contributed by atoms with van der Waals surface area (Å²) in [6.07, 6.45) is 0.520. The number of ether oxygens (including phenoxy) is 2. The fourth-order valence-electron chi connectivity index (χ4n) is 2.15. The van der Waals surface area contributed by atoms with Gasteiger partial charge in [0.05, 0.1) is 17.9 Å². The Labute approximate surface area is 139 Å². The number of aromatic nitrogens is 1. The van der Waals surface area contributed by atoms with E-state index in [-0.39, 0.29) is 24.5 Å². The van der Waals surface area contributed by atoms with Gasteiger partial charge in [0.25, 0.3) is 5.91 Å². The van der Waals surface area contributed by atoms with Crippen molar-refractivity contribution < 1.29 is 24.2 Å². The minimum absolute atomic E-state index is 0.00664. The van der Waals surface area contributed by atoms with Crippen LogP contribution in [0, 0.1) is 0 Å². The average molecular weight is 330 g/mol. The highest BCUT2D eigenvalue weighted by Gasteiger charge is 2.21. The van der Waals surface area contributed by atoms with Crippen LogP contribution in [0.3, 0.4) is 0 Å². The Kier molecular flexibility index (Phi) is 5.86. The molecule has 0 aliphatic carbocycles. The second-order valence-electron chi connectivity index (χ2n) is 4.94. The van der Waals surface area contributed by atoms with Crippen LogP contribution >= 0.6 is 0 Å². The molecule has 7 heteroatoms.